The van der Waals surface area contributed by atoms with E-state index in [0.717, 1.165) is 6.42 Å². The fourth-order valence-electron chi connectivity index (χ4n) is 1.78. The predicted octanol–water partition coefficient (Wildman–Crippen LogP) is 5.42. The van der Waals surface area contributed by atoms with Crippen LogP contribution in [0.15, 0.2) is 55.1 Å². The van der Waals surface area contributed by atoms with Crippen molar-refractivity contribution in [2.24, 2.45) is 0 Å². The van der Waals surface area contributed by atoms with Crippen LogP contribution in [-0.4, -0.2) is 0 Å². The fourth-order valence-corrected chi connectivity index (χ4v) is 1.78. The van der Waals surface area contributed by atoms with Gasteiger partial charge in [-0.3, -0.25) is 0 Å². The molecule has 0 heteroatoms. The first-order valence-electron chi connectivity index (χ1n) is 6.42. The zero-order valence-electron chi connectivity index (χ0n) is 11.6. The van der Waals surface area contributed by atoms with Crippen LogP contribution in [0.3, 0.4) is 0 Å². The maximum atomic E-state index is 4.05. The molecule has 1 aliphatic rings. The van der Waals surface area contributed by atoms with Crippen molar-refractivity contribution in [2.75, 3.05) is 0 Å². The zero-order chi connectivity index (χ0) is 13.3. The Balaban J connectivity index is 0.000000581. The Morgan fingerprint density at radius 1 is 1.06 bits per heavy atom. The molecule has 0 atom stereocenters. The van der Waals surface area contributed by atoms with Gasteiger partial charge in [-0.2, -0.15) is 0 Å². The molecule has 0 nitrogen and oxygen atoms in total. The molecule has 1 aliphatic carbocycles. The maximum Gasteiger partial charge on any atom is -0.00193 e. The SMILES string of the molecule is C=C/C=C1\C(=C)Cc2ccccc21.CC.CC. The van der Waals surface area contributed by atoms with Gasteiger partial charge in [-0.25, -0.2) is 0 Å². The van der Waals surface area contributed by atoms with E-state index in [1.54, 1.807) is 0 Å². The van der Waals surface area contributed by atoms with E-state index in [1.807, 2.05) is 39.8 Å². The van der Waals surface area contributed by atoms with Crippen LogP contribution in [0.25, 0.3) is 5.57 Å². The normalized spacial score (nSPS) is 14.1. The minimum absolute atomic E-state index is 0.982. The average molecular weight is 228 g/mol. The van der Waals surface area contributed by atoms with Gasteiger partial charge in [-0.05, 0) is 28.7 Å². The summed E-state index contributed by atoms with van der Waals surface area (Å²) in [7, 11) is 0. The predicted molar refractivity (Wildman–Crippen MR) is 80.2 cm³/mol. The van der Waals surface area contributed by atoms with Crippen molar-refractivity contribution in [2.45, 2.75) is 34.1 Å². The molecule has 0 amide bonds. The molecule has 17 heavy (non-hydrogen) atoms. The number of allylic oxidation sites excluding steroid dienone is 4. The molecular formula is C17H24. The molecule has 0 aliphatic heterocycles. The molecule has 0 unspecified atom stereocenters. The van der Waals surface area contributed by atoms with Crippen LogP contribution in [0.1, 0.15) is 38.8 Å². The lowest BCUT2D eigenvalue weighted by atomic mass is 10.1. The Bertz CT molecular complexity index is 394. The Labute approximate surface area is 106 Å². The lowest BCUT2D eigenvalue weighted by molar-refractivity contribution is 1.28. The molecule has 0 N–H and O–H groups in total. The molecule has 1 aromatic rings. The summed E-state index contributed by atoms with van der Waals surface area (Å²) in [6, 6.07) is 8.44. The van der Waals surface area contributed by atoms with Gasteiger partial charge in [0, 0.05) is 0 Å². The van der Waals surface area contributed by atoms with E-state index in [0.29, 0.717) is 0 Å². The summed E-state index contributed by atoms with van der Waals surface area (Å²) in [5, 5.41) is 0. The summed E-state index contributed by atoms with van der Waals surface area (Å²) in [5.74, 6) is 0. The third kappa shape index (κ3) is 3.74. The fraction of sp³-hybridized carbons (Fsp3) is 0.294. The molecule has 92 valence electrons. The Morgan fingerprint density at radius 2 is 1.65 bits per heavy atom. The summed E-state index contributed by atoms with van der Waals surface area (Å²) < 4.78 is 0. The van der Waals surface area contributed by atoms with Crippen molar-refractivity contribution in [3.05, 3.63) is 66.3 Å². The van der Waals surface area contributed by atoms with Crippen LogP contribution in [0.4, 0.5) is 0 Å². The van der Waals surface area contributed by atoms with Crippen molar-refractivity contribution in [3.8, 4) is 0 Å². The first kappa shape index (κ1) is 15.4. The third-order valence-electron chi connectivity index (χ3n) is 2.38. The minimum atomic E-state index is 0.982. The van der Waals surface area contributed by atoms with Crippen LogP contribution in [0, 0.1) is 0 Å². The van der Waals surface area contributed by atoms with Crippen LogP contribution in [-0.2, 0) is 6.42 Å². The number of fused-ring (bicyclic) bond motifs is 1. The van der Waals surface area contributed by atoms with E-state index >= 15 is 0 Å². The second-order valence-electron chi connectivity index (χ2n) is 3.25. The molecule has 0 heterocycles. The number of hydrogen-bond acceptors (Lipinski definition) is 0. The molecule has 0 saturated carbocycles. The monoisotopic (exact) mass is 228 g/mol. The van der Waals surface area contributed by atoms with Crippen molar-refractivity contribution < 1.29 is 0 Å². The second-order valence-corrected chi connectivity index (χ2v) is 3.25. The Morgan fingerprint density at radius 3 is 2.24 bits per heavy atom. The van der Waals surface area contributed by atoms with Gasteiger partial charge < -0.3 is 0 Å². The second kappa shape index (κ2) is 8.58. The van der Waals surface area contributed by atoms with Crippen molar-refractivity contribution in [1.29, 1.82) is 0 Å². The van der Waals surface area contributed by atoms with E-state index < -0.39 is 0 Å². The van der Waals surface area contributed by atoms with Crippen molar-refractivity contribution in [3.63, 3.8) is 0 Å². The average Bonchev–Trinajstić information content (AvgIpc) is 2.72. The van der Waals surface area contributed by atoms with E-state index in [4.69, 9.17) is 0 Å². The van der Waals surface area contributed by atoms with E-state index in [-0.39, 0.29) is 0 Å². The van der Waals surface area contributed by atoms with Gasteiger partial charge >= 0.3 is 0 Å². The zero-order valence-corrected chi connectivity index (χ0v) is 11.6. The van der Waals surface area contributed by atoms with Crippen LogP contribution >= 0.6 is 0 Å². The highest BCUT2D eigenvalue weighted by molar-refractivity contribution is 5.86. The number of rotatable bonds is 1. The standard InChI is InChI=1S/C13H12.2C2H6/c1-3-6-12-10(2)9-11-7-4-5-8-13(11)12;2*1-2/h3-8H,1-2,9H2;2*1-2H3/b12-6+;;. The summed E-state index contributed by atoms with van der Waals surface area (Å²) in [6.07, 6.45) is 4.84. The topological polar surface area (TPSA) is 0 Å². The maximum absolute atomic E-state index is 4.05. The first-order chi connectivity index (χ1) is 8.33. The molecule has 1 aromatic carbocycles. The van der Waals surface area contributed by atoms with Crippen LogP contribution < -0.4 is 0 Å². The van der Waals surface area contributed by atoms with Gasteiger partial charge in [0.1, 0.15) is 0 Å². The largest absolute Gasteiger partial charge is 0.0990 e. The Kier molecular flexibility index (Phi) is 7.79. The van der Waals surface area contributed by atoms with Gasteiger partial charge in [0.2, 0.25) is 0 Å². The van der Waals surface area contributed by atoms with Gasteiger partial charge in [-0.1, -0.05) is 77.3 Å². The Hall–Kier alpha value is -1.56. The lowest BCUT2D eigenvalue weighted by Crippen LogP contribution is -1.77. The van der Waals surface area contributed by atoms with Gasteiger partial charge in [0.25, 0.3) is 0 Å². The number of benzene rings is 1. The molecule has 0 fully saturated rings. The highest BCUT2D eigenvalue weighted by Gasteiger charge is 2.17. The first-order valence-corrected chi connectivity index (χ1v) is 6.42. The van der Waals surface area contributed by atoms with E-state index in [2.05, 4.69) is 37.4 Å². The van der Waals surface area contributed by atoms with E-state index in [9.17, 15) is 0 Å². The van der Waals surface area contributed by atoms with Crippen LogP contribution in [0.2, 0.25) is 0 Å². The summed E-state index contributed by atoms with van der Waals surface area (Å²) in [4.78, 5) is 0. The molecule has 0 spiro atoms. The van der Waals surface area contributed by atoms with Gasteiger partial charge in [0.05, 0.1) is 0 Å². The van der Waals surface area contributed by atoms with Crippen LogP contribution in [0.5, 0.6) is 0 Å². The van der Waals surface area contributed by atoms with Crippen molar-refractivity contribution in [1.82, 2.24) is 0 Å². The minimum Gasteiger partial charge on any atom is -0.0990 e. The summed E-state index contributed by atoms with van der Waals surface area (Å²) in [6.45, 7) is 15.8. The molecule has 0 radical (unpaired) electrons. The summed E-state index contributed by atoms with van der Waals surface area (Å²) in [5.41, 5.74) is 5.12. The van der Waals surface area contributed by atoms with E-state index in [1.165, 1.54) is 22.3 Å². The smallest absolute Gasteiger partial charge is 0.00193 e. The molecule has 0 aromatic heterocycles. The molecule has 2 rings (SSSR count). The highest BCUT2D eigenvalue weighted by Crippen LogP contribution is 2.35. The van der Waals surface area contributed by atoms with Gasteiger partial charge in [0.15, 0.2) is 0 Å². The quantitative estimate of drug-likeness (QED) is 0.602. The van der Waals surface area contributed by atoms with Crippen molar-refractivity contribution >= 4 is 5.57 Å². The van der Waals surface area contributed by atoms with Gasteiger partial charge in [-0.15, -0.1) is 0 Å². The lowest BCUT2D eigenvalue weighted by Gasteiger charge is -1.98. The third-order valence-corrected chi connectivity index (χ3v) is 2.38. The molecular weight excluding hydrogens is 204 g/mol. The number of hydrogen-bond donors (Lipinski definition) is 0. The molecule has 0 bridgehead atoms. The highest BCUT2D eigenvalue weighted by atomic mass is 14.2. The summed E-state index contributed by atoms with van der Waals surface area (Å²) >= 11 is 0. The molecule has 0 saturated heterocycles.